The van der Waals surface area contributed by atoms with Crippen molar-refractivity contribution >= 4 is 46.9 Å². The number of hydrogen-bond donors (Lipinski definition) is 3. The fraction of sp³-hybridized carbons (Fsp3) is 0.658. The second-order valence-corrected chi connectivity index (χ2v) is 16.6. The van der Waals surface area contributed by atoms with Crippen molar-refractivity contribution < 1.29 is 33.8 Å². The van der Waals surface area contributed by atoms with Gasteiger partial charge in [0, 0.05) is 49.8 Å². The Morgan fingerprint density at radius 1 is 1.10 bits per heavy atom. The minimum absolute atomic E-state index is 0.00361. The van der Waals surface area contributed by atoms with Crippen LogP contribution in [0.25, 0.3) is 0 Å². The molecule has 4 rings (SSSR count). The highest BCUT2D eigenvalue weighted by Gasteiger charge is 2.41. The molecule has 1 unspecified atom stereocenters. The number of amides is 2. The fourth-order valence-corrected chi connectivity index (χ4v) is 8.88. The zero-order valence-corrected chi connectivity index (χ0v) is 33.2. The van der Waals surface area contributed by atoms with E-state index in [9.17, 15) is 24.3 Å². The topological polar surface area (TPSA) is 150 Å². The summed E-state index contributed by atoms with van der Waals surface area (Å²) in [7, 11) is 5.14. The van der Waals surface area contributed by atoms with E-state index in [-0.39, 0.29) is 54.0 Å². The third-order valence-corrected chi connectivity index (χ3v) is 12.5. The Morgan fingerprint density at radius 2 is 1.81 bits per heavy atom. The Labute approximate surface area is 316 Å². The number of esters is 2. The third-order valence-electron chi connectivity index (χ3n) is 10.3. The molecule has 0 radical (unpaired) electrons. The van der Waals surface area contributed by atoms with Gasteiger partial charge in [0.05, 0.1) is 19.1 Å². The molecule has 1 aromatic heterocycles. The smallest absolute Gasteiger partial charge is 0.308 e. The predicted molar refractivity (Wildman–Crippen MR) is 204 cm³/mol. The molecule has 2 fully saturated rings. The zero-order chi connectivity index (χ0) is 37.9. The van der Waals surface area contributed by atoms with E-state index in [0.717, 1.165) is 42.9 Å². The number of ether oxygens (including phenoxy) is 2. The molecular weight excluding hydrogens is 703 g/mol. The van der Waals surface area contributed by atoms with E-state index >= 15 is 0 Å². The number of carbonyl (C=O) groups is 4. The fourth-order valence-electron chi connectivity index (χ4n) is 7.14. The van der Waals surface area contributed by atoms with Crippen LogP contribution in [0, 0.1) is 17.8 Å². The van der Waals surface area contributed by atoms with E-state index in [4.69, 9.17) is 9.47 Å². The summed E-state index contributed by atoms with van der Waals surface area (Å²) < 4.78 is 10.7. The summed E-state index contributed by atoms with van der Waals surface area (Å²) in [5.41, 5.74) is 1.20. The van der Waals surface area contributed by atoms with Crippen molar-refractivity contribution in [2.45, 2.75) is 103 Å². The number of likely N-dealkylation sites (tertiary alicyclic amines) is 1. The van der Waals surface area contributed by atoms with Crippen LogP contribution in [-0.4, -0.2) is 113 Å². The van der Waals surface area contributed by atoms with Crippen LogP contribution in [0.15, 0.2) is 35.7 Å². The molecule has 2 aliphatic heterocycles. The number of nitrogens with zero attached hydrogens (tertiary/aromatic N) is 3. The normalized spacial score (nSPS) is 20.1. The summed E-state index contributed by atoms with van der Waals surface area (Å²) in [6.07, 6.45) is 2.55. The van der Waals surface area contributed by atoms with Crippen LogP contribution in [0.5, 0.6) is 0 Å². The summed E-state index contributed by atoms with van der Waals surface area (Å²) in [5.74, 6) is -0.00335. The van der Waals surface area contributed by atoms with Gasteiger partial charge in [-0.05, 0) is 62.3 Å². The van der Waals surface area contributed by atoms with Gasteiger partial charge in [-0.3, -0.25) is 29.4 Å². The number of methoxy groups -OCH3 is 1. The number of carbonyl (C=O) groups excluding carboxylic acids is 4. The zero-order valence-electron chi connectivity index (χ0n) is 31.6. The van der Waals surface area contributed by atoms with Gasteiger partial charge in [-0.2, -0.15) is 11.8 Å². The third kappa shape index (κ3) is 11.5. The molecule has 3 heterocycles. The Bertz CT molecular complexity index is 1470. The second kappa shape index (κ2) is 19.9. The Balaban J connectivity index is 1.50. The molecule has 0 aliphatic carbocycles. The van der Waals surface area contributed by atoms with Gasteiger partial charge in [-0.15, -0.1) is 11.3 Å². The van der Waals surface area contributed by atoms with Crippen LogP contribution in [0.3, 0.4) is 0 Å². The Morgan fingerprint density at radius 3 is 2.40 bits per heavy atom. The summed E-state index contributed by atoms with van der Waals surface area (Å²) >= 11 is 3.01. The van der Waals surface area contributed by atoms with Gasteiger partial charge in [0.2, 0.25) is 5.91 Å². The summed E-state index contributed by atoms with van der Waals surface area (Å²) in [6, 6.07) is 8.42. The number of benzene rings is 1. The lowest BCUT2D eigenvalue weighted by Crippen LogP contribution is -2.61. The molecule has 2 aliphatic rings. The molecule has 12 nitrogen and oxygen atoms in total. The molecule has 2 amide bonds. The van der Waals surface area contributed by atoms with Crippen LogP contribution in [0.2, 0.25) is 0 Å². The van der Waals surface area contributed by atoms with Crippen LogP contribution < -0.4 is 10.6 Å². The maximum atomic E-state index is 14.3. The van der Waals surface area contributed by atoms with Crippen LogP contribution in [-0.2, 0) is 30.3 Å². The molecule has 2 saturated heterocycles. The summed E-state index contributed by atoms with van der Waals surface area (Å²) in [5, 5.41) is 19.7. The van der Waals surface area contributed by atoms with Gasteiger partial charge in [0.15, 0.2) is 6.10 Å². The number of rotatable bonds is 18. The highest BCUT2D eigenvalue weighted by Crippen LogP contribution is 2.33. The van der Waals surface area contributed by atoms with E-state index in [1.54, 1.807) is 36.0 Å². The SMILES string of the molecule is COC(=O)[C@@H](C)C[C@H](Cc1ccccc1)NC(=O)c1csc([C@@H](C[C@H](C(C)C)N(C)C(=O)[C@@H](NC(O)[C@H]2CCCCN2C)C2CSC2)OC(C)=O)n1. The number of aliphatic hydroxyl groups is 1. The highest BCUT2D eigenvalue weighted by molar-refractivity contribution is 8.00. The van der Waals surface area contributed by atoms with Crippen LogP contribution >= 0.6 is 23.1 Å². The van der Waals surface area contributed by atoms with E-state index in [1.807, 2.05) is 51.2 Å². The number of nitrogens with one attached hydrogen (secondary N) is 2. The van der Waals surface area contributed by atoms with Crippen molar-refractivity contribution in [2.75, 3.05) is 39.3 Å². The second-order valence-electron chi connectivity index (χ2n) is 14.6. The molecule has 2 aromatic rings. The molecule has 0 saturated carbocycles. The summed E-state index contributed by atoms with van der Waals surface area (Å²) in [6.45, 7) is 8.07. The van der Waals surface area contributed by atoms with Gasteiger partial charge < -0.3 is 24.8 Å². The predicted octanol–water partition coefficient (Wildman–Crippen LogP) is 4.28. The number of hydrogen-bond acceptors (Lipinski definition) is 12. The maximum absolute atomic E-state index is 14.3. The molecule has 14 heteroatoms. The number of aromatic nitrogens is 1. The van der Waals surface area contributed by atoms with Crippen molar-refractivity contribution in [3.63, 3.8) is 0 Å². The lowest BCUT2D eigenvalue weighted by Gasteiger charge is -2.42. The maximum Gasteiger partial charge on any atom is 0.308 e. The van der Waals surface area contributed by atoms with E-state index in [0.29, 0.717) is 17.8 Å². The molecule has 0 bridgehead atoms. The lowest BCUT2D eigenvalue weighted by molar-refractivity contribution is -0.149. The van der Waals surface area contributed by atoms with E-state index in [2.05, 4.69) is 20.5 Å². The van der Waals surface area contributed by atoms with Crippen LogP contribution in [0.1, 0.15) is 87.0 Å². The largest absolute Gasteiger partial charge is 0.469 e. The first-order valence-electron chi connectivity index (χ1n) is 18.3. The molecule has 288 valence electrons. The average Bonchev–Trinajstić information content (AvgIpc) is 3.59. The van der Waals surface area contributed by atoms with Gasteiger partial charge in [0.1, 0.15) is 16.9 Å². The van der Waals surface area contributed by atoms with Gasteiger partial charge >= 0.3 is 11.9 Å². The van der Waals surface area contributed by atoms with E-state index < -0.39 is 36.2 Å². The monoisotopic (exact) mass is 759 g/mol. The van der Waals surface area contributed by atoms with Crippen molar-refractivity contribution in [1.82, 2.24) is 25.4 Å². The van der Waals surface area contributed by atoms with Crippen molar-refractivity contribution in [3.8, 4) is 0 Å². The van der Waals surface area contributed by atoms with Crippen LogP contribution in [0.4, 0.5) is 0 Å². The first kappa shape index (κ1) is 41.7. The molecule has 1 aromatic carbocycles. The highest BCUT2D eigenvalue weighted by atomic mass is 32.2. The van der Waals surface area contributed by atoms with Crippen molar-refractivity contribution in [3.05, 3.63) is 52.0 Å². The minimum atomic E-state index is -0.833. The quantitative estimate of drug-likeness (QED) is 0.148. The number of likely N-dealkylation sites (N-methyl/N-ethyl adjacent to an activating group) is 2. The lowest BCUT2D eigenvalue weighted by atomic mass is 9.93. The Hall–Kier alpha value is -3.04. The molecule has 3 N–H and O–H groups in total. The molecule has 7 atom stereocenters. The first-order valence-corrected chi connectivity index (χ1v) is 20.4. The van der Waals surface area contributed by atoms with Crippen molar-refractivity contribution in [1.29, 1.82) is 0 Å². The average molecular weight is 760 g/mol. The molecule has 0 spiro atoms. The number of thioether (sulfide) groups is 1. The van der Waals surface area contributed by atoms with Gasteiger partial charge in [-0.25, -0.2) is 4.98 Å². The van der Waals surface area contributed by atoms with Gasteiger partial charge in [0.25, 0.3) is 5.91 Å². The first-order chi connectivity index (χ1) is 24.8. The van der Waals surface area contributed by atoms with E-state index in [1.165, 1.54) is 25.4 Å². The molecule has 52 heavy (non-hydrogen) atoms. The van der Waals surface area contributed by atoms with Gasteiger partial charge in [-0.1, -0.05) is 57.5 Å². The van der Waals surface area contributed by atoms with Crippen molar-refractivity contribution in [2.24, 2.45) is 17.8 Å². The molecular formula is C38H57N5O7S2. The summed E-state index contributed by atoms with van der Waals surface area (Å²) in [4.78, 5) is 61.0. The number of thiazole rings is 1. The Kier molecular flexibility index (Phi) is 15.9. The number of piperidine rings is 1. The standard InChI is InChI=1S/C38H57N5O7S2/c1-23(2)31(43(6)37(47)33(27-20-51-21-27)41-35(46)30-15-11-12-16-42(30)5)19-32(50-25(4)44)36-40-29(22-52-36)34(45)39-28(17-24(3)38(48)49-7)18-26-13-9-8-10-14-26/h8-10,13-14,22-24,27-28,30-33,35,41,46H,11-12,15-21H2,1-7H3,(H,39,45)/t24-,28+,30+,31+,32+,33-,35?/m0/s1. The number of aliphatic hydroxyl groups excluding tert-OH is 1. The minimum Gasteiger partial charge on any atom is -0.469 e.